The molecule has 1 amide bonds. The van der Waals surface area contributed by atoms with Gasteiger partial charge in [0.1, 0.15) is 12.4 Å². The normalized spacial score (nSPS) is 14.7. The number of rotatable bonds is 7. The van der Waals surface area contributed by atoms with Crippen LogP contribution in [-0.2, 0) is 13.2 Å². The number of carbonyl (C=O) groups excluding carboxylic acids is 1. The molecule has 0 aliphatic carbocycles. The molecular weight excluding hydrogens is 392 g/mol. The number of benzene rings is 1. The summed E-state index contributed by atoms with van der Waals surface area (Å²) in [5.74, 6) is 0.462. The molecule has 0 radical (unpaired) electrons. The molecule has 3 aromatic rings. The molecule has 1 fully saturated rings. The van der Waals surface area contributed by atoms with Gasteiger partial charge in [-0.1, -0.05) is 12.5 Å². The molecule has 1 saturated heterocycles. The van der Waals surface area contributed by atoms with E-state index in [0.717, 1.165) is 31.0 Å². The Balaban J connectivity index is 1.33. The number of thiazole rings is 2. The number of aromatic nitrogens is 2. The van der Waals surface area contributed by atoms with Gasteiger partial charge in [-0.2, -0.15) is 0 Å². The van der Waals surface area contributed by atoms with Crippen LogP contribution in [0.1, 0.15) is 41.0 Å². The first-order chi connectivity index (χ1) is 13.8. The van der Waals surface area contributed by atoms with E-state index in [4.69, 9.17) is 4.74 Å². The Bertz CT molecular complexity index is 905. The van der Waals surface area contributed by atoms with Gasteiger partial charge in [0, 0.05) is 22.9 Å². The number of piperidine rings is 1. The van der Waals surface area contributed by atoms with Crippen LogP contribution in [0, 0.1) is 0 Å². The SMILES string of the molecule is O=C(Nc1nc(CN2CCCCC2)cs1)c1cccc(OCc2cscn2)c1. The van der Waals surface area contributed by atoms with Crippen molar-refractivity contribution in [3.05, 3.63) is 57.5 Å². The zero-order valence-corrected chi connectivity index (χ0v) is 17.1. The quantitative estimate of drug-likeness (QED) is 0.620. The Morgan fingerprint density at radius 2 is 2.07 bits per heavy atom. The summed E-state index contributed by atoms with van der Waals surface area (Å²) in [4.78, 5) is 23.8. The highest BCUT2D eigenvalue weighted by molar-refractivity contribution is 7.14. The lowest BCUT2D eigenvalue weighted by Gasteiger charge is -2.25. The van der Waals surface area contributed by atoms with E-state index in [-0.39, 0.29) is 5.91 Å². The molecule has 8 heteroatoms. The van der Waals surface area contributed by atoms with Crippen LogP contribution in [0.3, 0.4) is 0 Å². The molecule has 1 aliphatic rings. The van der Waals surface area contributed by atoms with E-state index in [1.165, 1.54) is 41.9 Å². The van der Waals surface area contributed by atoms with E-state index >= 15 is 0 Å². The van der Waals surface area contributed by atoms with Crippen LogP contribution in [0.4, 0.5) is 5.13 Å². The van der Waals surface area contributed by atoms with Crippen molar-refractivity contribution in [3.8, 4) is 5.75 Å². The summed E-state index contributed by atoms with van der Waals surface area (Å²) in [7, 11) is 0. The van der Waals surface area contributed by atoms with E-state index in [2.05, 4.69) is 20.2 Å². The van der Waals surface area contributed by atoms with Crippen molar-refractivity contribution in [1.82, 2.24) is 14.9 Å². The van der Waals surface area contributed by atoms with Crippen molar-refractivity contribution in [1.29, 1.82) is 0 Å². The first-order valence-corrected chi connectivity index (χ1v) is 11.2. The highest BCUT2D eigenvalue weighted by Crippen LogP contribution is 2.21. The molecule has 0 atom stereocenters. The van der Waals surface area contributed by atoms with Crippen molar-refractivity contribution < 1.29 is 9.53 Å². The zero-order valence-electron chi connectivity index (χ0n) is 15.5. The number of carbonyl (C=O) groups is 1. The number of nitrogens with zero attached hydrogens (tertiary/aromatic N) is 3. The Hall–Kier alpha value is -2.29. The van der Waals surface area contributed by atoms with Gasteiger partial charge in [0.25, 0.3) is 5.91 Å². The number of hydrogen-bond acceptors (Lipinski definition) is 7. The van der Waals surface area contributed by atoms with Crippen LogP contribution in [0.2, 0.25) is 0 Å². The molecule has 1 N–H and O–H groups in total. The van der Waals surface area contributed by atoms with Crippen LogP contribution in [0.5, 0.6) is 5.75 Å². The maximum absolute atomic E-state index is 12.6. The van der Waals surface area contributed by atoms with Crippen molar-refractivity contribution >= 4 is 33.7 Å². The molecule has 0 spiro atoms. The minimum atomic E-state index is -0.182. The molecule has 1 aromatic carbocycles. The predicted octanol–water partition coefficient (Wildman–Crippen LogP) is 4.42. The first-order valence-electron chi connectivity index (χ1n) is 9.34. The second-order valence-electron chi connectivity index (χ2n) is 6.73. The molecule has 0 bridgehead atoms. The average molecular weight is 415 g/mol. The fraction of sp³-hybridized carbons (Fsp3) is 0.350. The van der Waals surface area contributed by atoms with E-state index in [1.807, 2.05) is 22.9 Å². The van der Waals surface area contributed by atoms with Gasteiger partial charge in [0.05, 0.1) is 16.9 Å². The summed E-state index contributed by atoms with van der Waals surface area (Å²) in [6, 6.07) is 7.16. The first kappa shape index (κ1) is 19.0. The van der Waals surface area contributed by atoms with E-state index < -0.39 is 0 Å². The Labute approximate surface area is 172 Å². The second kappa shape index (κ2) is 9.27. The molecule has 3 heterocycles. The zero-order chi connectivity index (χ0) is 19.2. The third-order valence-corrected chi connectivity index (χ3v) is 6.01. The molecule has 146 valence electrons. The van der Waals surface area contributed by atoms with Crippen molar-refractivity contribution in [3.63, 3.8) is 0 Å². The van der Waals surface area contributed by atoms with E-state index in [1.54, 1.807) is 17.6 Å². The van der Waals surface area contributed by atoms with Gasteiger partial charge >= 0.3 is 0 Å². The van der Waals surface area contributed by atoms with Crippen molar-refractivity contribution in [2.75, 3.05) is 18.4 Å². The Kier molecular flexibility index (Phi) is 6.31. The highest BCUT2D eigenvalue weighted by atomic mass is 32.1. The summed E-state index contributed by atoms with van der Waals surface area (Å²) in [6.45, 7) is 3.51. The van der Waals surface area contributed by atoms with Gasteiger partial charge in [0.2, 0.25) is 0 Å². The Morgan fingerprint density at radius 3 is 2.89 bits per heavy atom. The minimum absolute atomic E-state index is 0.182. The van der Waals surface area contributed by atoms with Gasteiger partial charge in [-0.25, -0.2) is 9.97 Å². The number of ether oxygens (including phenoxy) is 1. The summed E-state index contributed by atoms with van der Waals surface area (Å²) < 4.78 is 5.73. The minimum Gasteiger partial charge on any atom is -0.487 e. The number of amides is 1. The van der Waals surface area contributed by atoms with Gasteiger partial charge in [-0.05, 0) is 44.1 Å². The van der Waals surface area contributed by atoms with Crippen LogP contribution in [-0.4, -0.2) is 33.9 Å². The molecule has 6 nitrogen and oxygen atoms in total. The number of hydrogen-bond donors (Lipinski definition) is 1. The summed E-state index contributed by atoms with van der Waals surface area (Å²) in [6.07, 6.45) is 3.84. The van der Waals surface area contributed by atoms with Crippen LogP contribution >= 0.6 is 22.7 Å². The maximum atomic E-state index is 12.6. The summed E-state index contributed by atoms with van der Waals surface area (Å²) in [5.41, 5.74) is 4.21. The van der Waals surface area contributed by atoms with E-state index in [9.17, 15) is 4.79 Å². The smallest absolute Gasteiger partial charge is 0.257 e. The summed E-state index contributed by atoms with van der Waals surface area (Å²) >= 11 is 3.00. The Morgan fingerprint density at radius 1 is 1.18 bits per heavy atom. The molecule has 1 aliphatic heterocycles. The number of anilines is 1. The highest BCUT2D eigenvalue weighted by Gasteiger charge is 2.14. The van der Waals surface area contributed by atoms with Crippen molar-refractivity contribution in [2.45, 2.75) is 32.4 Å². The fourth-order valence-electron chi connectivity index (χ4n) is 3.15. The largest absolute Gasteiger partial charge is 0.487 e. The van der Waals surface area contributed by atoms with Gasteiger partial charge in [-0.15, -0.1) is 22.7 Å². The summed E-state index contributed by atoms with van der Waals surface area (Å²) in [5, 5.41) is 7.50. The van der Waals surface area contributed by atoms with Crippen LogP contribution in [0.15, 0.2) is 40.5 Å². The number of nitrogens with one attached hydrogen (secondary N) is 1. The molecule has 0 unspecified atom stereocenters. The van der Waals surface area contributed by atoms with Crippen LogP contribution in [0.25, 0.3) is 0 Å². The average Bonchev–Trinajstić information content (AvgIpc) is 3.40. The second-order valence-corrected chi connectivity index (χ2v) is 8.31. The third kappa shape index (κ3) is 5.15. The monoisotopic (exact) mass is 414 g/mol. The standard InChI is InChI=1S/C20H22N4O2S2/c25-19(15-5-4-6-18(9-15)26-11-17-12-27-14-21-17)23-20-22-16(13-28-20)10-24-7-2-1-3-8-24/h4-6,9,12-14H,1-3,7-8,10-11H2,(H,22,23,25). The lowest BCUT2D eigenvalue weighted by Crippen LogP contribution is -2.29. The van der Waals surface area contributed by atoms with Gasteiger partial charge < -0.3 is 4.74 Å². The molecule has 28 heavy (non-hydrogen) atoms. The molecule has 2 aromatic heterocycles. The molecular formula is C20H22N4O2S2. The number of likely N-dealkylation sites (tertiary alicyclic amines) is 1. The lowest BCUT2D eigenvalue weighted by atomic mass is 10.1. The van der Waals surface area contributed by atoms with Gasteiger partial charge in [0.15, 0.2) is 5.13 Å². The predicted molar refractivity (Wildman–Crippen MR) is 112 cm³/mol. The fourth-order valence-corrected chi connectivity index (χ4v) is 4.39. The maximum Gasteiger partial charge on any atom is 0.257 e. The lowest BCUT2D eigenvalue weighted by molar-refractivity contribution is 0.102. The third-order valence-electron chi connectivity index (χ3n) is 4.57. The molecule has 4 rings (SSSR count). The van der Waals surface area contributed by atoms with E-state index in [0.29, 0.717) is 23.1 Å². The van der Waals surface area contributed by atoms with Gasteiger partial charge in [-0.3, -0.25) is 15.0 Å². The van der Waals surface area contributed by atoms with Crippen molar-refractivity contribution in [2.24, 2.45) is 0 Å². The van der Waals surface area contributed by atoms with Crippen LogP contribution < -0.4 is 10.1 Å². The molecule has 0 saturated carbocycles. The topological polar surface area (TPSA) is 67.4 Å².